The van der Waals surface area contributed by atoms with Gasteiger partial charge in [0.2, 0.25) is 5.91 Å². The van der Waals surface area contributed by atoms with Crippen LogP contribution in [0.15, 0.2) is 42.1 Å². The van der Waals surface area contributed by atoms with Gasteiger partial charge in [0.1, 0.15) is 23.7 Å². The van der Waals surface area contributed by atoms with Crippen LogP contribution in [-0.4, -0.2) is 39.9 Å². The van der Waals surface area contributed by atoms with E-state index in [2.05, 4.69) is 5.32 Å². The third-order valence-corrected chi connectivity index (χ3v) is 5.09. The minimum Gasteiger partial charge on any atom is -0.456 e. The number of nitrogens with zero attached hydrogens (tertiary/aromatic N) is 1. The van der Waals surface area contributed by atoms with Crippen molar-refractivity contribution in [1.29, 1.82) is 0 Å². The predicted molar refractivity (Wildman–Crippen MR) is 89.6 cm³/mol. The molecule has 24 heavy (non-hydrogen) atoms. The van der Waals surface area contributed by atoms with Crippen molar-refractivity contribution >= 4 is 29.5 Å². The number of carbonyl (C=O) groups is 3. The summed E-state index contributed by atoms with van der Waals surface area (Å²) >= 11 is 1.52. The Bertz CT molecular complexity index is 689. The van der Waals surface area contributed by atoms with Crippen LogP contribution in [0.4, 0.5) is 0 Å². The number of thioether (sulfide) groups is 1. The second kappa shape index (κ2) is 7.09. The average Bonchev–Trinajstić information content (AvgIpc) is 2.63. The fourth-order valence-electron chi connectivity index (χ4n) is 2.60. The zero-order chi connectivity index (χ0) is 17.1. The van der Waals surface area contributed by atoms with Crippen LogP contribution in [0.1, 0.15) is 18.9 Å². The van der Waals surface area contributed by atoms with Crippen LogP contribution in [0.2, 0.25) is 0 Å². The Labute approximate surface area is 144 Å². The van der Waals surface area contributed by atoms with E-state index in [1.807, 2.05) is 30.3 Å². The summed E-state index contributed by atoms with van der Waals surface area (Å²) in [5.74, 6) is -0.353. The van der Waals surface area contributed by atoms with Crippen LogP contribution in [0.25, 0.3) is 0 Å². The summed E-state index contributed by atoms with van der Waals surface area (Å²) in [5, 5.41) is 2.46. The normalized spacial score (nSPS) is 22.1. The van der Waals surface area contributed by atoms with E-state index in [9.17, 15) is 14.4 Å². The zero-order valence-corrected chi connectivity index (χ0v) is 14.0. The molecule has 0 spiro atoms. The van der Waals surface area contributed by atoms with Gasteiger partial charge in [0, 0.05) is 12.2 Å². The van der Waals surface area contributed by atoms with E-state index in [-0.39, 0.29) is 29.5 Å². The van der Waals surface area contributed by atoms with E-state index >= 15 is 0 Å². The third kappa shape index (κ3) is 3.17. The number of nitrogens with one attached hydrogen (secondary N) is 1. The lowest BCUT2D eigenvalue weighted by molar-refractivity contribution is -0.153. The van der Waals surface area contributed by atoms with Gasteiger partial charge in [-0.05, 0) is 11.6 Å². The van der Waals surface area contributed by atoms with Gasteiger partial charge in [-0.1, -0.05) is 37.3 Å². The van der Waals surface area contributed by atoms with Gasteiger partial charge >= 0.3 is 5.97 Å². The van der Waals surface area contributed by atoms with E-state index < -0.39 is 12.0 Å². The van der Waals surface area contributed by atoms with E-state index in [0.717, 1.165) is 5.56 Å². The summed E-state index contributed by atoms with van der Waals surface area (Å²) in [7, 11) is 0. The summed E-state index contributed by atoms with van der Waals surface area (Å²) in [6, 6.07) is 8.80. The molecule has 2 aliphatic heterocycles. The first-order chi connectivity index (χ1) is 11.6. The lowest BCUT2D eigenvalue weighted by Crippen LogP contribution is -2.70. The highest BCUT2D eigenvalue weighted by molar-refractivity contribution is 8.00. The minimum absolute atomic E-state index is 0.160. The van der Waals surface area contributed by atoms with E-state index in [1.54, 1.807) is 13.0 Å². The number of esters is 1. The van der Waals surface area contributed by atoms with Crippen LogP contribution < -0.4 is 5.32 Å². The van der Waals surface area contributed by atoms with Crippen molar-refractivity contribution in [2.45, 2.75) is 31.4 Å². The van der Waals surface area contributed by atoms with Gasteiger partial charge in [-0.15, -0.1) is 11.8 Å². The summed E-state index contributed by atoms with van der Waals surface area (Å²) < 4.78 is 5.31. The lowest BCUT2D eigenvalue weighted by Gasteiger charge is -2.48. The van der Waals surface area contributed by atoms with Gasteiger partial charge in [0.25, 0.3) is 5.91 Å². The molecule has 1 aromatic carbocycles. The molecule has 3 rings (SSSR count). The van der Waals surface area contributed by atoms with Crippen LogP contribution in [0.3, 0.4) is 0 Å². The van der Waals surface area contributed by atoms with E-state index in [0.29, 0.717) is 12.2 Å². The number of β-lactam (4-membered cyclic amide) rings is 1. The van der Waals surface area contributed by atoms with Crippen LogP contribution in [-0.2, 0) is 25.7 Å². The number of hydrogen-bond donors (Lipinski definition) is 1. The van der Waals surface area contributed by atoms with Gasteiger partial charge in [0.05, 0.1) is 0 Å². The maximum Gasteiger partial charge on any atom is 0.355 e. The Kier molecular flexibility index (Phi) is 4.89. The molecule has 2 aliphatic rings. The molecule has 1 aromatic rings. The Balaban J connectivity index is 1.62. The number of rotatable bonds is 5. The molecule has 1 fully saturated rings. The second-order valence-corrected chi connectivity index (χ2v) is 6.63. The molecule has 0 bridgehead atoms. The second-order valence-electron chi connectivity index (χ2n) is 5.48. The topological polar surface area (TPSA) is 75.7 Å². The summed E-state index contributed by atoms with van der Waals surface area (Å²) in [4.78, 5) is 37.5. The maximum atomic E-state index is 12.3. The number of ether oxygens (including phenoxy) is 1. The van der Waals surface area contributed by atoms with Gasteiger partial charge in [0.15, 0.2) is 0 Å². The van der Waals surface area contributed by atoms with Gasteiger partial charge in [-0.2, -0.15) is 0 Å². The summed E-state index contributed by atoms with van der Waals surface area (Å²) in [6.07, 6.45) is 2.02. The SMILES string of the molecule is CCC(=O)NC1C(=O)N2C(C(=O)OCc3ccccc3)=CCS[C@H]12. The smallest absolute Gasteiger partial charge is 0.355 e. The molecule has 2 heterocycles. The molecule has 1 unspecified atom stereocenters. The number of amides is 2. The van der Waals surface area contributed by atoms with E-state index in [4.69, 9.17) is 4.74 Å². The number of carbonyl (C=O) groups excluding carboxylic acids is 3. The van der Waals surface area contributed by atoms with Crippen molar-refractivity contribution in [2.75, 3.05) is 5.75 Å². The first kappa shape index (κ1) is 16.6. The van der Waals surface area contributed by atoms with Gasteiger partial charge < -0.3 is 10.1 Å². The maximum absolute atomic E-state index is 12.3. The molecular weight excluding hydrogens is 328 g/mol. The highest BCUT2D eigenvalue weighted by Crippen LogP contribution is 2.37. The molecular formula is C17H18N2O4S. The monoisotopic (exact) mass is 346 g/mol. The molecule has 2 amide bonds. The zero-order valence-electron chi connectivity index (χ0n) is 13.2. The molecule has 7 heteroatoms. The fraction of sp³-hybridized carbons (Fsp3) is 0.353. The Morgan fingerprint density at radius 1 is 1.33 bits per heavy atom. The van der Waals surface area contributed by atoms with Crippen molar-refractivity contribution in [2.24, 2.45) is 0 Å². The Morgan fingerprint density at radius 2 is 2.08 bits per heavy atom. The van der Waals surface area contributed by atoms with Crippen LogP contribution >= 0.6 is 11.8 Å². The van der Waals surface area contributed by atoms with Crippen molar-refractivity contribution in [3.63, 3.8) is 0 Å². The predicted octanol–water partition coefficient (Wildman–Crippen LogP) is 1.42. The summed E-state index contributed by atoms with van der Waals surface area (Å²) in [5.41, 5.74) is 1.15. The molecule has 0 saturated carbocycles. The number of fused-ring (bicyclic) bond motifs is 1. The van der Waals surface area contributed by atoms with Crippen LogP contribution in [0, 0.1) is 0 Å². The Hall–Kier alpha value is -2.28. The molecule has 6 nitrogen and oxygen atoms in total. The van der Waals surface area contributed by atoms with Crippen LogP contribution in [0.5, 0.6) is 0 Å². The largest absolute Gasteiger partial charge is 0.456 e. The molecule has 1 saturated heterocycles. The molecule has 0 radical (unpaired) electrons. The molecule has 0 aliphatic carbocycles. The third-order valence-electron chi connectivity index (χ3n) is 3.91. The van der Waals surface area contributed by atoms with Crippen molar-refractivity contribution in [3.8, 4) is 0 Å². The standard InChI is InChI=1S/C17H18N2O4S/c1-2-13(20)18-14-15(21)19-12(8-9-24-16(14)19)17(22)23-10-11-6-4-3-5-7-11/h3-8,14,16H,2,9-10H2,1H3,(H,18,20)/t14?,16-/m1/s1. The highest BCUT2D eigenvalue weighted by Gasteiger charge is 2.52. The number of hydrogen-bond acceptors (Lipinski definition) is 5. The lowest BCUT2D eigenvalue weighted by atomic mass is 10.0. The minimum atomic E-state index is -0.562. The van der Waals surface area contributed by atoms with Gasteiger partial charge in [-0.25, -0.2) is 4.79 Å². The van der Waals surface area contributed by atoms with Gasteiger partial charge in [-0.3, -0.25) is 14.5 Å². The molecule has 126 valence electrons. The van der Waals surface area contributed by atoms with Crippen molar-refractivity contribution in [1.82, 2.24) is 10.2 Å². The molecule has 0 aromatic heterocycles. The first-order valence-corrected chi connectivity index (χ1v) is 8.82. The fourth-order valence-corrected chi connectivity index (χ4v) is 3.80. The highest BCUT2D eigenvalue weighted by atomic mass is 32.2. The van der Waals surface area contributed by atoms with E-state index in [1.165, 1.54) is 16.7 Å². The quantitative estimate of drug-likeness (QED) is 0.645. The average molecular weight is 346 g/mol. The Morgan fingerprint density at radius 3 is 2.79 bits per heavy atom. The molecule has 2 atom stereocenters. The number of benzene rings is 1. The van der Waals surface area contributed by atoms with Crippen molar-refractivity contribution in [3.05, 3.63) is 47.7 Å². The first-order valence-electron chi connectivity index (χ1n) is 7.77. The molecule has 1 N–H and O–H groups in total. The summed E-state index contributed by atoms with van der Waals surface area (Å²) in [6.45, 7) is 1.89. The van der Waals surface area contributed by atoms with Crippen molar-refractivity contribution < 1.29 is 19.1 Å².